The number of fused-ring (bicyclic) bond motifs is 2. The monoisotopic (exact) mass is 410 g/mol. The number of hydrogen-bond acceptors (Lipinski definition) is 4. The van der Waals surface area contributed by atoms with Crippen LogP contribution in [0.3, 0.4) is 0 Å². The fourth-order valence-corrected chi connectivity index (χ4v) is 5.52. The molecule has 6 nitrogen and oxygen atoms in total. The molecular formula is C24H34N4O2. The van der Waals surface area contributed by atoms with Crippen LogP contribution >= 0.6 is 0 Å². The number of hydrogen-bond donors (Lipinski definition) is 0. The molecule has 162 valence electrons. The van der Waals surface area contributed by atoms with Crippen molar-refractivity contribution in [1.29, 1.82) is 0 Å². The number of aryl methyl sites for hydroxylation is 3. The third kappa shape index (κ3) is 4.29. The van der Waals surface area contributed by atoms with Crippen LogP contribution in [0.5, 0.6) is 0 Å². The molecule has 2 aromatic rings. The summed E-state index contributed by atoms with van der Waals surface area (Å²) in [6.07, 6.45) is 8.45. The van der Waals surface area contributed by atoms with Gasteiger partial charge in [0.05, 0.1) is 0 Å². The second-order valence-electron chi connectivity index (χ2n) is 9.21. The molecule has 30 heavy (non-hydrogen) atoms. The van der Waals surface area contributed by atoms with Crippen molar-refractivity contribution in [2.45, 2.75) is 77.4 Å². The molecule has 0 saturated carbocycles. The summed E-state index contributed by atoms with van der Waals surface area (Å²) in [6.45, 7) is 5.31. The van der Waals surface area contributed by atoms with Crippen molar-refractivity contribution in [2.75, 3.05) is 6.54 Å². The van der Waals surface area contributed by atoms with Gasteiger partial charge in [0.15, 0.2) is 0 Å². The van der Waals surface area contributed by atoms with Crippen LogP contribution in [-0.2, 0) is 20.0 Å². The third-order valence-corrected chi connectivity index (χ3v) is 7.35. The summed E-state index contributed by atoms with van der Waals surface area (Å²) in [5.74, 6) is 1.28. The molecule has 0 N–H and O–H groups in total. The quantitative estimate of drug-likeness (QED) is 0.704. The van der Waals surface area contributed by atoms with Gasteiger partial charge in [0.2, 0.25) is 0 Å². The summed E-state index contributed by atoms with van der Waals surface area (Å²) in [5.41, 5.74) is 2.22. The van der Waals surface area contributed by atoms with E-state index in [9.17, 15) is 9.59 Å². The molecule has 0 radical (unpaired) electrons. The Hall–Kier alpha value is -2.21. The average Bonchev–Trinajstić information content (AvgIpc) is 2.96. The molecule has 6 heteroatoms. The van der Waals surface area contributed by atoms with E-state index in [1.165, 1.54) is 58.8 Å². The highest BCUT2D eigenvalue weighted by Crippen LogP contribution is 2.40. The van der Waals surface area contributed by atoms with Crippen LogP contribution in [0, 0.1) is 19.8 Å². The first-order chi connectivity index (χ1) is 14.4. The average molecular weight is 411 g/mol. The Bertz CT molecular complexity index is 995. The van der Waals surface area contributed by atoms with Crippen LogP contribution in [-0.4, -0.2) is 37.6 Å². The van der Waals surface area contributed by atoms with E-state index in [4.69, 9.17) is 0 Å². The van der Waals surface area contributed by atoms with Crippen LogP contribution in [0.15, 0.2) is 33.9 Å². The van der Waals surface area contributed by atoms with Crippen molar-refractivity contribution in [3.63, 3.8) is 0 Å². The first kappa shape index (κ1) is 21.0. The Morgan fingerprint density at radius 3 is 2.43 bits per heavy atom. The zero-order valence-electron chi connectivity index (χ0n) is 18.5. The molecule has 0 amide bonds. The lowest BCUT2D eigenvalue weighted by molar-refractivity contribution is 0.0974. The smallest absolute Gasteiger partial charge is 0.297 e. The van der Waals surface area contributed by atoms with Gasteiger partial charge < -0.3 is 0 Å². The van der Waals surface area contributed by atoms with Crippen LogP contribution in [0.25, 0.3) is 0 Å². The topological polar surface area (TPSA) is 60.1 Å². The number of piperidine rings is 1. The van der Waals surface area contributed by atoms with Crippen LogP contribution in [0.4, 0.5) is 0 Å². The summed E-state index contributed by atoms with van der Waals surface area (Å²) >= 11 is 0. The van der Waals surface area contributed by atoms with Gasteiger partial charge >= 0.3 is 11.4 Å². The number of aromatic nitrogens is 3. The van der Waals surface area contributed by atoms with E-state index in [1.807, 2.05) is 0 Å². The SMILES string of the molecule is Cc1ccccc1CCC1CC2CCC(C1)N2CCCn1c(=O)nc(C)n(C)c1=O. The molecule has 2 saturated heterocycles. The molecule has 2 aliphatic heterocycles. The molecule has 0 aliphatic carbocycles. The molecule has 2 unspecified atom stereocenters. The second-order valence-corrected chi connectivity index (χ2v) is 9.21. The van der Waals surface area contributed by atoms with Crippen molar-refractivity contribution in [1.82, 2.24) is 19.0 Å². The first-order valence-electron chi connectivity index (χ1n) is 11.4. The van der Waals surface area contributed by atoms with Crippen LogP contribution in [0.1, 0.15) is 55.5 Å². The molecule has 2 fully saturated rings. The zero-order valence-corrected chi connectivity index (χ0v) is 18.5. The molecule has 1 aromatic heterocycles. The second kappa shape index (κ2) is 8.88. The lowest BCUT2D eigenvalue weighted by atomic mass is 9.85. The molecule has 1 aromatic carbocycles. The predicted molar refractivity (Wildman–Crippen MR) is 119 cm³/mol. The Labute approximate surface area is 178 Å². The van der Waals surface area contributed by atoms with Gasteiger partial charge in [0.25, 0.3) is 0 Å². The van der Waals surface area contributed by atoms with Gasteiger partial charge in [-0.25, -0.2) is 14.2 Å². The van der Waals surface area contributed by atoms with Gasteiger partial charge in [0, 0.05) is 32.2 Å². The maximum atomic E-state index is 12.4. The minimum atomic E-state index is -0.423. The largest absolute Gasteiger partial charge is 0.353 e. The van der Waals surface area contributed by atoms with E-state index in [-0.39, 0.29) is 5.69 Å². The Balaban J connectivity index is 1.31. The highest BCUT2D eigenvalue weighted by atomic mass is 16.2. The maximum absolute atomic E-state index is 12.4. The molecule has 2 aliphatic rings. The van der Waals surface area contributed by atoms with Gasteiger partial charge in [0.1, 0.15) is 5.82 Å². The summed E-state index contributed by atoms with van der Waals surface area (Å²) in [5, 5.41) is 0. The van der Waals surface area contributed by atoms with Gasteiger partial charge in [-0.05, 0) is 75.8 Å². The number of rotatable bonds is 7. The highest BCUT2D eigenvalue weighted by molar-refractivity contribution is 5.25. The van der Waals surface area contributed by atoms with E-state index >= 15 is 0 Å². The minimum Gasteiger partial charge on any atom is -0.297 e. The Kier molecular flexibility index (Phi) is 6.23. The highest BCUT2D eigenvalue weighted by Gasteiger charge is 2.39. The molecule has 0 spiro atoms. The third-order valence-electron chi connectivity index (χ3n) is 7.35. The van der Waals surface area contributed by atoms with E-state index in [1.54, 1.807) is 14.0 Å². The fraction of sp³-hybridized carbons (Fsp3) is 0.625. The van der Waals surface area contributed by atoms with Crippen molar-refractivity contribution in [2.24, 2.45) is 13.0 Å². The zero-order chi connectivity index (χ0) is 21.3. The van der Waals surface area contributed by atoms with E-state index in [0.717, 1.165) is 18.9 Å². The number of benzene rings is 1. The molecule has 3 heterocycles. The fourth-order valence-electron chi connectivity index (χ4n) is 5.52. The van der Waals surface area contributed by atoms with E-state index < -0.39 is 5.69 Å². The summed E-state index contributed by atoms with van der Waals surface area (Å²) in [7, 11) is 1.67. The lowest BCUT2D eigenvalue weighted by Crippen LogP contribution is -2.45. The van der Waals surface area contributed by atoms with Gasteiger partial charge in [-0.2, -0.15) is 4.98 Å². The predicted octanol–water partition coefficient (Wildman–Crippen LogP) is 2.82. The molecule has 2 bridgehead atoms. The van der Waals surface area contributed by atoms with Crippen molar-refractivity contribution >= 4 is 0 Å². The summed E-state index contributed by atoms with van der Waals surface area (Å²) < 4.78 is 2.73. The van der Waals surface area contributed by atoms with E-state index in [0.29, 0.717) is 24.5 Å². The van der Waals surface area contributed by atoms with Crippen molar-refractivity contribution in [3.05, 3.63) is 62.2 Å². The molecule has 4 rings (SSSR count). The van der Waals surface area contributed by atoms with Gasteiger partial charge in [-0.15, -0.1) is 0 Å². The Morgan fingerprint density at radius 2 is 1.73 bits per heavy atom. The van der Waals surface area contributed by atoms with E-state index in [2.05, 4.69) is 41.1 Å². The molecular weight excluding hydrogens is 376 g/mol. The minimum absolute atomic E-state index is 0.259. The van der Waals surface area contributed by atoms with Crippen LogP contribution < -0.4 is 11.4 Å². The lowest BCUT2D eigenvalue weighted by Gasteiger charge is -2.39. The van der Waals surface area contributed by atoms with Gasteiger partial charge in [-0.1, -0.05) is 24.3 Å². The molecule has 2 atom stereocenters. The number of nitrogens with zero attached hydrogens (tertiary/aromatic N) is 4. The van der Waals surface area contributed by atoms with Crippen LogP contribution in [0.2, 0.25) is 0 Å². The van der Waals surface area contributed by atoms with Crippen molar-refractivity contribution in [3.8, 4) is 0 Å². The standard InChI is InChI=1S/C24H34N4O2/c1-17-7-4-5-8-20(17)10-9-19-15-21-11-12-22(16-19)27(21)13-6-14-28-23(29)25-18(2)26(3)24(28)30/h4-5,7-8,19,21-22H,6,9-16H2,1-3H3. The maximum Gasteiger partial charge on any atom is 0.353 e. The van der Waals surface area contributed by atoms with Gasteiger partial charge in [-0.3, -0.25) is 9.47 Å². The summed E-state index contributed by atoms with van der Waals surface area (Å²) in [4.78, 5) is 31.1. The summed E-state index contributed by atoms with van der Waals surface area (Å²) in [6, 6.07) is 10.1. The van der Waals surface area contributed by atoms with Crippen molar-refractivity contribution < 1.29 is 0 Å². The first-order valence-corrected chi connectivity index (χ1v) is 11.4. The normalized spacial score (nSPS) is 23.8. The Morgan fingerprint density at radius 1 is 1.03 bits per heavy atom.